The van der Waals surface area contributed by atoms with Crippen molar-refractivity contribution in [2.75, 3.05) is 13.4 Å². The van der Waals surface area contributed by atoms with Gasteiger partial charge in [0.15, 0.2) is 9.84 Å². The molecule has 3 aromatic carbocycles. The SMILES string of the molecule is COc1c(C)cc(-c2c(-c3ccc(S(C)(=O)=O)cc3)oc3ccccc3c2=O)cc1Cl. The molecule has 0 saturated carbocycles. The highest BCUT2D eigenvalue weighted by Gasteiger charge is 2.20. The van der Waals surface area contributed by atoms with Crippen LogP contribution in [0, 0.1) is 6.92 Å². The average Bonchev–Trinajstić information content (AvgIpc) is 2.73. The molecule has 0 radical (unpaired) electrons. The summed E-state index contributed by atoms with van der Waals surface area (Å²) in [6, 6.07) is 16.7. The molecule has 0 N–H and O–H groups in total. The van der Waals surface area contributed by atoms with Crippen LogP contribution in [0.15, 0.2) is 74.8 Å². The number of para-hydroxylation sites is 1. The van der Waals surface area contributed by atoms with Crippen LogP contribution in [0.25, 0.3) is 33.4 Å². The van der Waals surface area contributed by atoms with E-state index in [1.807, 2.05) is 13.0 Å². The Morgan fingerprint density at radius 1 is 0.968 bits per heavy atom. The highest BCUT2D eigenvalue weighted by Crippen LogP contribution is 2.38. The number of sulfone groups is 1. The third-order valence-electron chi connectivity index (χ3n) is 5.06. The molecule has 0 unspecified atom stereocenters. The van der Waals surface area contributed by atoms with Gasteiger partial charge in [0, 0.05) is 11.8 Å². The van der Waals surface area contributed by atoms with E-state index in [1.165, 1.54) is 19.2 Å². The molecular formula is C24H19ClO5S. The van der Waals surface area contributed by atoms with E-state index in [0.29, 0.717) is 44.2 Å². The first kappa shape index (κ1) is 21.2. The van der Waals surface area contributed by atoms with Crippen molar-refractivity contribution in [3.8, 4) is 28.2 Å². The molecule has 0 fully saturated rings. The van der Waals surface area contributed by atoms with E-state index >= 15 is 0 Å². The van der Waals surface area contributed by atoms with E-state index in [2.05, 4.69) is 0 Å². The largest absolute Gasteiger partial charge is 0.495 e. The monoisotopic (exact) mass is 454 g/mol. The quantitative estimate of drug-likeness (QED) is 0.407. The van der Waals surface area contributed by atoms with Crippen LogP contribution in [0.5, 0.6) is 5.75 Å². The molecule has 0 aliphatic carbocycles. The molecule has 5 nitrogen and oxygen atoms in total. The predicted octanol–water partition coefficient (Wildman–Crippen LogP) is 5.50. The number of benzene rings is 3. The van der Waals surface area contributed by atoms with Crippen LogP contribution in [0.3, 0.4) is 0 Å². The van der Waals surface area contributed by atoms with E-state index < -0.39 is 9.84 Å². The second kappa shape index (κ2) is 7.87. The lowest BCUT2D eigenvalue weighted by Crippen LogP contribution is -2.08. The van der Waals surface area contributed by atoms with Gasteiger partial charge in [-0.1, -0.05) is 23.7 Å². The van der Waals surface area contributed by atoms with Gasteiger partial charge in [-0.3, -0.25) is 4.79 Å². The summed E-state index contributed by atoms with van der Waals surface area (Å²) in [6.07, 6.45) is 1.14. The molecule has 4 aromatic rings. The van der Waals surface area contributed by atoms with Crippen molar-refractivity contribution in [3.05, 3.63) is 81.5 Å². The Labute approximate surface area is 184 Å². The van der Waals surface area contributed by atoms with Gasteiger partial charge < -0.3 is 9.15 Å². The first-order chi connectivity index (χ1) is 14.7. The first-order valence-electron chi connectivity index (χ1n) is 9.41. The Kier molecular flexibility index (Phi) is 5.37. The standard InChI is InChI=1S/C24H19ClO5S/c1-14-12-16(13-19(25)23(14)29-2)21-22(26)18-6-4-5-7-20(18)30-24(21)15-8-10-17(11-9-15)31(3,27)28/h4-13H,1-3H3. The van der Waals surface area contributed by atoms with Crippen molar-refractivity contribution < 1.29 is 17.6 Å². The number of ether oxygens (including phenoxy) is 1. The van der Waals surface area contributed by atoms with Crippen LogP contribution in [0.4, 0.5) is 0 Å². The van der Waals surface area contributed by atoms with Crippen LogP contribution >= 0.6 is 11.6 Å². The second-order valence-corrected chi connectivity index (χ2v) is 9.66. The summed E-state index contributed by atoms with van der Waals surface area (Å²) >= 11 is 6.40. The van der Waals surface area contributed by atoms with Crippen LogP contribution in [0.1, 0.15) is 5.56 Å². The molecule has 4 rings (SSSR count). The molecule has 1 heterocycles. The number of methoxy groups -OCH3 is 1. The maximum atomic E-state index is 13.5. The molecule has 0 aliphatic rings. The molecule has 7 heteroatoms. The number of hydrogen-bond acceptors (Lipinski definition) is 5. The van der Waals surface area contributed by atoms with E-state index in [1.54, 1.807) is 42.5 Å². The summed E-state index contributed by atoms with van der Waals surface area (Å²) < 4.78 is 35.2. The minimum atomic E-state index is -3.35. The fraction of sp³-hybridized carbons (Fsp3) is 0.125. The Morgan fingerprint density at radius 3 is 2.26 bits per heavy atom. The predicted molar refractivity (Wildman–Crippen MR) is 123 cm³/mol. The van der Waals surface area contributed by atoms with Crippen molar-refractivity contribution in [1.82, 2.24) is 0 Å². The normalized spacial score (nSPS) is 11.6. The van der Waals surface area contributed by atoms with Gasteiger partial charge in [-0.15, -0.1) is 0 Å². The zero-order valence-corrected chi connectivity index (χ0v) is 18.7. The zero-order chi connectivity index (χ0) is 22.3. The molecule has 0 atom stereocenters. The number of rotatable bonds is 4. The van der Waals surface area contributed by atoms with Gasteiger partial charge in [0.1, 0.15) is 17.1 Å². The Balaban J connectivity index is 2.05. The topological polar surface area (TPSA) is 73.6 Å². The minimum Gasteiger partial charge on any atom is -0.495 e. The third kappa shape index (κ3) is 3.84. The molecule has 0 aliphatic heterocycles. The highest BCUT2D eigenvalue weighted by molar-refractivity contribution is 7.90. The van der Waals surface area contributed by atoms with Crippen molar-refractivity contribution in [3.63, 3.8) is 0 Å². The van der Waals surface area contributed by atoms with Crippen LogP contribution in [-0.4, -0.2) is 21.8 Å². The number of hydrogen-bond donors (Lipinski definition) is 0. The molecule has 31 heavy (non-hydrogen) atoms. The molecule has 1 aromatic heterocycles. The van der Waals surface area contributed by atoms with Gasteiger partial charge >= 0.3 is 0 Å². The average molecular weight is 455 g/mol. The molecular weight excluding hydrogens is 436 g/mol. The van der Waals surface area contributed by atoms with E-state index in [-0.39, 0.29) is 10.3 Å². The number of fused-ring (bicyclic) bond motifs is 1. The van der Waals surface area contributed by atoms with Gasteiger partial charge in [0.25, 0.3) is 0 Å². The maximum Gasteiger partial charge on any atom is 0.201 e. The second-order valence-electron chi connectivity index (χ2n) is 7.24. The summed E-state index contributed by atoms with van der Waals surface area (Å²) in [5, 5.41) is 0.821. The molecule has 0 spiro atoms. The van der Waals surface area contributed by atoms with Gasteiger partial charge in [-0.25, -0.2) is 8.42 Å². The third-order valence-corrected chi connectivity index (χ3v) is 6.47. The Hall–Kier alpha value is -3.09. The number of aryl methyl sites for hydroxylation is 1. The Morgan fingerprint density at radius 2 is 1.65 bits per heavy atom. The Bertz CT molecular complexity index is 1450. The van der Waals surface area contributed by atoms with Gasteiger partial charge in [-0.2, -0.15) is 0 Å². The summed E-state index contributed by atoms with van der Waals surface area (Å²) in [4.78, 5) is 13.7. The lowest BCUT2D eigenvalue weighted by atomic mass is 9.97. The van der Waals surface area contributed by atoms with Crippen LogP contribution in [0.2, 0.25) is 5.02 Å². The first-order valence-corrected chi connectivity index (χ1v) is 11.7. The summed E-state index contributed by atoms with van der Waals surface area (Å²) in [6.45, 7) is 1.84. The molecule has 0 saturated heterocycles. The van der Waals surface area contributed by atoms with E-state index in [9.17, 15) is 13.2 Å². The fourth-order valence-corrected chi connectivity index (χ4v) is 4.57. The molecule has 0 bridgehead atoms. The van der Waals surface area contributed by atoms with E-state index in [4.69, 9.17) is 20.8 Å². The van der Waals surface area contributed by atoms with Gasteiger partial charge in [0.05, 0.1) is 28.0 Å². The number of halogens is 1. The molecule has 0 amide bonds. The smallest absolute Gasteiger partial charge is 0.201 e. The van der Waals surface area contributed by atoms with E-state index in [0.717, 1.165) is 11.8 Å². The lowest BCUT2D eigenvalue weighted by molar-refractivity contribution is 0.412. The highest BCUT2D eigenvalue weighted by atomic mass is 35.5. The van der Waals surface area contributed by atoms with Gasteiger partial charge in [0.2, 0.25) is 5.43 Å². The van der Waals surface area contributed by atoms with Gasteiger partial charge in [-0.05, 0) is 66.6 Å². The maximum absolute atomic E-state index is 13.5. The summed E-state index contributed by atoms with van der Waals surface area (Å²) in [5.41, 5.74) is 2.52. The zero-order valence-electron chi connectivity index (χ0n) is 17.1. The van der Waals surface area contributed by atoms with Crippen molar-refractivity contribution >= 4 is 32.4 Å². The van der Waals surface area contributed by atoms with Crippen LogP contribution in [-0.2, 0) is 9.84 Å². The van der Waals surface area contributed by atoms with Crippen molar-refractivity contribution in [2.45, 2.75) is 11.8 Å². The van der Waals surface area contributed by atoms with Crippen molar-refractivity contribution in [1.29, 1.82) is 0 Å². The lowest BCUT2D eigenvalue weighted by Gasteiger charge is -2.14. The molecule has 158 valence electrons. The fourth-order valence-electron chi connectivity index (χ4n) is 3.59. The summed E-state index contributed by atoms with van der Waals surface area (Å²) in [5.74, 6) is 0.874. The van der Waals surface area contributed by atoms with Crippen LogP contribution < -0.4 is 10.2 Å². The summed E-state index contributed by atoms with van der Waals surface area (Å²) in [7, 11) is -1.81. The minimum absolute atomic E-state index is 0.185. The van der Waals surface area contributed by atoms with Crippen molar-refractivity contribution in [2.24, 2.45) is 0 Å².